The zero-order valence-corrected chi connectivity index (χ0v) is 12.7. The van der Waals surface area contributed by atoms with Crippen molar-refractivity contribution in [3.63, 3.8) is 0 Å². The van der Waals surface area contributed by atoms with E-state index < -0.39 is 0 Å². The Hall–Kier alpha value is -1.78. The predicted molar refractivity (Wildman–Crippen MR) is 80.0 cm³/mol. The lowest BCUT2D eigenvalue weighted by Crippen LogP contribution is -2.47. The number of nitrogens with one attached hydrogen (secondary N) is 1. The van der Waals surface area contributed by atoms with Crippen LogP contribution in [0.4, 0.5) is 0 Å². The first-order valence-corrected chi connectivity index (χ1v) is 8.41. The van der Waals surface area contributed by atoms with Crippen LogP contribution in [0, 0.1) is 5.92 Å². The molecule has 1 saturated carbocycles. The van der Waals surface area contributed by atoms with Crippen LogP contribution in [0.2, 0.25) is 0 Å². The zero-order valence-electron chi connectivity index (χ0n) is 12.7. The third-order valence-electron chi connectivity index (χ3n) is 5.13. The lowest BCUT2D eigenvalue weighted by atomic mass is 9.93. The van der Waals surface area contributed by atoms with Crippen molar-refractivity contribution in [2.75, 3.05) is 6.54 Å². The summed E-state index contributed by atoms with van der Waals surface area (Å²) < 4.78 is 5.48. The summed E-state index contributed by atoms with van der Waals surface area (Å²) in [6.07, 6.45) is 8.32. The van der Waals surface area contributed by atoms with Gasteiger partial charge in [-0.3, -0.25) is 9.59 Å². The molecule has 1 saturated heterocycles. The van der Waals surface area contributed by atoms with Crippen molar-refractivity contribution in [2.45, 2.75) is 57.0 Å². The Morgan fingerprint density at radius 2 is 2.05 bits per heavy atom. The molecule has 0 bridgehead atoms. The maximum absolute atomic E-state index is 12.7. The number of rotatable bonds is 3. The summed E-state index contributed by atoms with van der Waals surface area (Å²) in [5, 5.41) is 3.15. The smallest absolute Gasteiger partial charge is 0.243 e. The van der Waals surface area contributed by atoms with Crippen LogP contribution in [0.15, 0.2) is 16.7 Å². The van der Waals surface area contributed by atoms with Crippen LogP contribution in [-0.4, -0.2) is 29.3 Å². The Balaban J connectivity index is 1.45. The van der Waals surface area contributed by atoms with Gasteiger partial charge in [0.25, 0.3) is 0 Å². The summed E-state index contributed by atoms with van der Waals surface area (Å²) >= 11 is 0. The van der Waals surface area contributed by atoms with Gasteiger partial charge in [-0.1, -0.05) is 0 Å². The maximum atomic E-state index is 12.7. The minimum atomic E-state index is -0.273. The molecule has 4 rings (SSSR count). The number of carbonyl (C=O) groups excluding carboxylic acids is 2. The number of hydrogen-bond acceptors (Lipinski definition) is 3. The first-order chi connectivity index (χ1) is 10.7. The minimum absolute atomic E-state index is 0.00514. The Morgan fingerprint density at radius 1 is 1.18 bits per heavy atom. The normalized spacial score (nSPS) is 27.5. The van der Waals surface area contributed by atoms with Crippen LogP contribution in [-0.2, 0) is 16.0 Å². The monoisotopic (exact) mass is 302 g/mol. The molecule has 2 heterocycles. The first kappa shape index (κ1) is 13.9. The number of amides is 2. The van der Waals surface area contributed by atoms with Gasteiger partial charge in [0.15, 0.2) is 0 Å². The number of furan rings is 1. The van der Waals surface area contributed by atoms with E-state index in [-0.39, 0.29) is 29.8 Å². The van der Waals surface area contributed by atoms with Crippen LogP contribution in [0.25, 0.3) is 0 Å². The quantitative estimate of drug-likeness (QED) is 0.931. The van der Waals surface area contributed by atoms with Crippen LogP contribution in [0.3, 0.4) is 0 Å². The van der Waals surface area contributed by atoms with E-state index in [1.54, 1.807) is 6.26 Å². The average molecular weight is 302 g/mol. The minimum Gasteiger partial charge on any atom is -0.469 e. The predicted octanol–water partition coefficient (Wildman–Crippen LogP) is 2.17. The summed E-state index contributed by atoms with van der Waals surface area (Å²) in [4.78, 5) is 26.8. The molecule has 0 aromatic carbocycles. The largest absolute Gasteiger partial charge is 0.469 e. The average Bonchev–Trinajstić information content (AvgIpc) is 3.06. The number of fused-ring (bicyclic) bond motifs is 1. The summed E-state index contributed by atoms with van der Waals surface area (Å²) in [6, 6.07) is 1.72. The molecule has 0 unspecified atom stereocenters. The van der Waals surface area contributed by atoms with Gasteiger partial charge < -0.3 is 14.6 Å². The molecule has 2 atom stereocenters. The van der Waals surface area contributed by atoms with Crippen molar-refractivity contribution >= 4 is 11.8 Å². The van der Waals surface area contributed by atoms with Crippen molar-refractivity contribution in [3.8, 4) is 0 Å². The van der Waals surface area contributed by atoms with Gasteiger partial charge in [0, 0.05) is 24.4 Å². The van der Waals surface area contributed by atoms with Gasteiger partial charge in [-0.2, -0.15) is 0 Å². The van der Waals surface area contributed by atoms with Gasteiger partial charge in [-0.25, -0.2) is 0 Å². The Labute approximate surface area is 130 Å². The van der Waals surface area contributed by atoms with E-state index in [0.29, 0.717) is 0 Å². The second-order valence-corrected chi connectivity index (χ2v) is 6.72. The molecule has 0 radical (unpaired) electrons. The van der Waals surface area contributed by atoms with E-state index in [2.05, 4.69) is 5.32 Å². The zero-order chi connectivity index (χ0) is 15.1. The summed E-state index contributed by atoms with van der Waals surface area (Å²) in [5.41, 5.74) is 1.11. The van der Waals surface area contributed by atoms with E-state index in [4.69, 9.17) is 4.42 Å². The Kier molecular flexibility index (Phi) is 3.43. The molecule has 3 aliphatic rings. The highest BCUT2D eigenvalue weighted by molar-refractivity contribution is 5.90. The Morgan fingerprint density at radius 3 is 2.86 bits per heavy atom. The maximum Gasteiger partial charge on any atom is 0.243 e. The van der Waals surface area contributed by atoms with E-state index in [1.165, 1.54) is 0 Å². The molecule has 2 fully saturated rings. The van der Waals surface area contributed by atoms with Gasteiger partial charge >= 0.3 is 0 Å². The lowest BCUT2D eigenvalue weighted by molar-refractivity contribution is -0.139. The summed E-state index contributed by atoms with van der Waals surface area (Å²) in [7, 11) is 0. The fourth-order valence-electron chi connectivity index (χ4n) is 3.77. The number of aryl methyl sites for hydroxylation is 1. The fraction of sp³-hybridized carbons (Fsp3) is 0.647. The van der Waals surface area contributed by atoms with Crippen molar-refractivity contribution in [1.29, 1.82) is 0 Å². The third-order valence-corrected chi connectivity index (χ3v) is 5.13. The number of hydrogen-bond donors (Lipinski definition) is 1. The molecule has 0 spiro atoms. The van der Waals surface area contributed by atoms with Gasteiger partial charge in [0.05, 0.1) is 12.3 Å². The SMILES string of the molecule is O=C(N[C@H]1CCCc2occc21)[C@H]1CCCN1C(=O)C1CC1. The second-order valence-electron chi connectivity index (χ2n) is 6.72. The number of likely N-dealkylation sites (tertiary alicyclic amines) is 1. The van der Waals surface area contributed by atoms with E-state index in [9.17, 15) is 9.59 Å². The van der Waals surface area contributed by atoms with E-state index in [0.717, 1.165) is 62.8 Å². The van der Waals surface area contributed by atoms with Gasteiger partial charge in [0.1, 0.15) is 11.8 Å². The van der Waals surface area contributed by atoms with E-state index in [1.807, 2.05) is 11.0 Å². The third kappa shape index (κ3) is 2.42. The second kappa shape index (κ2) is 5.45. The molecule has 2 aliphatic carbocycles. The molecule has 1 N–H and O–H groups in total. The van der Waals surface area contributed by atoms with Crippen molar-refractivity contribution in [1.82, 2.24) is 10.2 Å². The summed E-state index contributed by atoms with van der Waals surface area (Å²) in [6.45, 7) is 0.731. The lowest BCUT2D eigenvalue weighted by Gasteiger charge is -2.28. The van der Waals surface area contributed by atoms with Gasteiger partial charge in [-0.05, 0) is 44.6 Å². The number of carbonyl (C=O) groups is 2. The van der Waals surface area contributed by atoms with Crippen molar-refractivity contribution in [2.24, 2.45) is 5.92 Å². The van der Waals surface area contributed by atoms with Crippen LogP contribution in [0.1, 0.15) is 55.9 Å². The molecule has 22 heavy (non-hydrogen) atoms. The van der Waals surface area contributed by atoms with Crippen LogP contribution >= 0.6 is 0 Å². The highest BCUT2D eigenvalue weighted by Gasteiger charge is 2.41. The molecule has 2 amide bonds. The molecule has 5 heteroatoms. The molecule has 1 aliphatic heterocycles. The van der Waals surface area contributed by atoms with Crippen molar-refractivity contribution in [3.05, 3.63) is 23.7 Å². The van der Waals surface area contributed by atoms with Gasteiger partial charge in [0.2, 0.25) is 11.8 Å². The summed E-state index contributed by atoms with van der Waals surface area (Å²) in [5.74, 6) is 1.37. The van der Waals surface area contributed by atoms with Gasteiger partial charge in [-0.15, -0.1) is 0 Å². The molecule has 118 valence electrons. The standard InChI is InChI=1S/C17H22N2O3/c20-16(14-4-2-9-19(14)17(21)11-6-7-11)18-13-3-1-5-15-12(13)8-10-22-15/h8,10-11,13-14H,1-7,9H2,(H,18,20)/t13-,14+/m0/s1. The molecule has 1 aromatic rings. The van der Waals surface area contributed by atoms with Crippen molar-refractivity contribution < 1.29 is 14.0 Å². The molecular formula is C17H22N2O3. The number of nitrogens with zero attached hydrogens (tertiary/aromatic N) is 1. The molecule has 5 nitrogen and oxygen atoms in total. The topological polar surface area (TPSA) is 62.6 Å². The highest BCUT2D eigenvalue weighted by atomic mass is 16.3. The first-order valence-electron chi connectivity index (χ1n) is 8.41. The highest BCUT2D eigenvalue weighted by Crippen LogP contribution is 2.34. The fourth-order valence-corrected chi connectivity index (χ4v) is 3.77. The molecule has 1 aromatic heterocycles. The van der Waals surface area contributed by atoms with Crippen LogP contribution < -0.4 is 5.32 Å². The van der Waals surface area contributed by atoms with Crippen LogP contribution in [0.5, 0.6) is 0 Å². The Bertz CT molecular complexity index is 590. The van der Waals surface area contributed by atoms with E-state index >= 15 is 0 Å². The molecular weight excluding hydrogens is 280 g/mol.